The van der Waals surface area contributed by atoms with Crippen molar-refractivity contribution in [3.05, 3.63) is 91.5 Å². The van der Waals surface area contributed by atoms with Gasteiger partial charge in [-0.1, -0.05) is 64.6 Å². The van der Waals surface area contributed by atoms with Gasteiger partial charge in [-0.15, -0.1) is 0 Å². The first-order valence-corrected chi connectivity index (χ1v) is 13.5. The van der Waals surface area contributed by atoms with Crippen molar-refractivity contribution in [2.45, 2.75) is 38.8 Å². The number of anilines is 1. The van der Waals surface area contributed by atoms with E-state index in [1.165, 1.54) is 49.7 Å². The molecule has 2 aromatic carbocycles. The maximum atomic E-state index is 13.7. The van der Waals surface area contributed by atoms with Crippen LogP contribution < -0.4 is 10.2 Å². The van der Waals surface area contributed by atoms with Gasteiger partial charge >= 0.3 is 12.1 Å². The number of hydrogen-bond donors (Lipinski definition) is 1. The molecular weight excluding hydrogens is 616 g/mol. The summed E-state index contributed by atoms with van der Waals surface area (Å²) >= 11 is 25.1. The maximum Gasteiger partial charge on any atom is 0.408 e. The van der Waals surface area contributed by atoms with E-state index in [0.29, 0.717) is 5.56 Å². The molecule has 9 nitrogen and oxygen atoms in total. The number of esters is 1. The number of imide groups is 1. The number of amides is 3. The number of aromatic nitrogens is 1. The fraction of sp³-hybridized carbons (Fsp3) is 0.250. The van der Waals surface area contributed by atoms with Gasteiger partial charge in [0.25, 0.3) is 11.8 Å². The van der Waals surface area contributed by atoms with Crippen molar-refractivity contribution >= 4 is 76.1 Å². The zero-order valence-corrected chi connectivity index (χ0v) is 25.4. The highest BCUT2D eigenvalue weighted by Gasteiger charge is 2.32. The first kappa shape index (κ1) is 32.1. The first-order valence-electron chi connectivity index (χ1n) is 12.0. The van der Waals surface area contributed by atoms with Crippen LogP contribution in [0.1, 0.15) is 47.1 Å². The third kappa shape index (κ3) is 8.10. The van der Waals surface area contributed by atoms with Gasteiger partial charge in [0.1, 0.15) is 17.5 Å². The van der Waals surface area contributed by atoms with Gasteiger partial charge in [-0.3, -0.25) is 9.59 Å². The molecule has 0 unspecified atom stereocenters. The van der Waals surface area contributed by atoms with Gasteiger partial charge in [0.2, 0.25) is 0 Å². The van der Waals surface area contributed by atoms with Crippen LogP contribution in [-0.2, 0) is 20.7 Å². The van der Waals surface area contributed by atoms with E-state index in [2.05, 4.69) is 10.3 Å². The van der Waals surface area contributed by atoms with Gasteiger partial charge in [-0.05, 0) is 56.7 Å². The summed E-state index contributed by atoms with van der Waals surface area (Å²) in [6, 6.07) is 10.7. The van der Waals surface area contributed by atoms with Gasteiger partial charge in [-0.25, -0.2) is 19.5 Å². The molecule has 0 radical (unpaired) electrons. The van der Waals surface area contributed by atoms with Gasteiger partial charge < -0.3 is 14.8 Å². The molecule has 3 rings (SSSR count). The number of alkyl carbamates (subject to hydrolysis) is 1. The minimum Gasteiger partial charge on any atom is -0.467 e. The molecule has 3 amide bonds. The fourth-order valence-corrected chi connectivity index (χ4v) is 4.74. The van der Waals surface area contributed by atoms with Crippen LogP contribution in [0.15, 0.2) is 54.7 Å². The van der Waals surface area contributed by atoms with E-state index >= 15 is 0 Å². The Bertz CT molecular complexity index is 1370. The zero-order valence-electron chi connectivity index (χ0n) is 22.3. The molecule has 0 aliphatic rings. The summed E-state index contributed by atoms with van der Waals surface area (Å²) in [6.45, 7) is 5.05. The molecule has 13 heteroatoms. The molecule has 1 aromatic heterocycles. The lowest BCUT2D eigenvalue weighted by molar-refractivity contribution is -0.143. The van der Waals surface area contributed by atoms with Crippen LogP contribution in [-0.4, -0.2) is 47.6 Å². The molecular formula is C28H25Cl4N3O6. The Morgan fingerprint density at radius 2 is 1.34 bits per heavy atom. The quantitative estimate of drug-likeness (QED) is 0.223. The number of rotatable bonds is 7. The summed E-state index contributed by atoms with van der Waals surface area (Å²) in [4.78, 5) is 57.1. The van der Waals surface area contributed by atoms with Crippen LogP contribution >= 0.6 is 46.4 Å². The van der Waals surface area contributed by atoms with E-state index in [0.717, 1.165) is 4.90 Å². The largest absolute Gasteiger partial charge is 0.467 e. The summed E-state index contributed by atoms with van der Waals surface area (Å²) in [5, 5.41) is 2.52. The van der Waals surface area contributed by atoms with Crippen LogP contribution in [0.5, 0.6) is 0 Å². The van der Waals surface area contributed by atoms with Crippen LogP contribution in [0, 0.1) is 0 Å². The number of pyridine rings is 1. The Morgan fingerprint density at radius 3 is 1.73 bits per heavy atom. The summed E-state index contributed by atoms with van der Waals surface area (Å²) < 4.78 is 10.0. The fourth-order valence-electron chi connectivity index (χ4n) is 3.62. The van der Waals surface area contributed by atoms with Crippen molar-refractivity contribution in [2.75, 3.05) is 12.0 Å². The van der Waals surface area contributed by atoms with Crippen LogP contribution in [0.3, 0.4) is 0 Å². The highest BCUT2D eigenvalue weighted by atomic mass is 35.5. The van der Waals surface area contributed by atoms with Crippen molar-refractivity contribution in [3.8, 4) is 0 Å². The Balaban J connectivity index is 2.00. The van der Waals surface area contributed by atoms with E-state index in [1.807, 2.05) is 0 Å². The van der Waals surface area contributed by atoms with E-state index < -0.39 is 35.5 Å². The highest BCUT2D eigenvalue weighted by molar-refractivity contribution is 6.45. The molecule has 0 fully saturated rings. The smallest absolute Gasteiger partial charge is 0.408 e. The first-order chi connectivity index (χ1) is 19.2. The minimum absolute atomic E-state index is 0.0105. The molecule has 0 spiro atoms. The van der Waals surface area contributed by atoms with E-state index in [-0.39, 0.29) is 43.5 Å². The van der Waals surface area contributed by atoms with Gasteiger partial charge in [0, 0.05) is 12.6 Å². The van der Waals surface area contributed by atoms with Gasteiger partial charge in [-0.2, -0.15) is 0 Å². The predicted octanol–water partition coefficient (Wildman–Crippen LogP) is 6.79. The van der Waals surface area contributed by atoms with E-state index in [9.17, 15) is 19.2 Å². The second kappa shape index (κ2) is 13.5. The average molecular weight is 641 g/mol. The van der Waals surface area contributed by atoms with Crippen molar-refractivity contribution < 1.29 is 28.7 Å². The molecule has 41 heavy (non-hydrogen) atoms. The lowest BCUT2D eigenvalue weighted by Crippen LogP contribution is -2.45. The van der Waals surface area contributed by atoms with Crippen LogP contribution in [0.2, 0.25) is 20.1 Å². The highest BCUT2D eigenvalue weighted by Crippen LogP contribution is 2.31. The summed E-state index contributed by atoms with van der Waals surface area (Å²) in [6.07, 6.45) is 0.485. The average Bonchev–Trinajstić information content (AvgIpc) is 2.87. The number of carbonyl (C=O) groups excluding carboxylic acids is 4. The second-order valence-corrected chi connectivity index (χ2v) is 11.2. The molecule has 0 saturated heterocycles. The van der Waals surface area contributed by atoms with Gasteiger partial charge in [0.15, 0.2) is 0 Å². The van der Waals surface area contributed by atoms with Crippen molar-refractivity contribution in [3.63, 3.8) is 0 Å². The lowest BCUT2D eigenvalue weighted by Gasteiger charge is -2.23. The molecule has 0 aliphatic carbocycles. The van der Waals surface area contributed by atoms with Crippen molar-refractivity contribution in [1.82, 2.24) is 10.3 Å². The summed E-state index contributed by atoms with van der Waals surface area (Å²) in [5.41, 5.74) is -0.589. The standard InChI is InChI=1S/C28H25Cl4N3O6/c1-28(2,3)41-27(39)34-20(26(38)40-4)13-15-11-12-21(33-14-15)35(24(36)22-16(29)7-5-8-17(22)30)25(37)23-18(31)9-6-10-19(23)32/h5-12,14,20H,13H2,1-4H3,(H,34,39)/t20-/m0/s1. The molecule has 1 heterocycles. The molecule has 216 valence electrons. The monoisotopic (exact) mass is 639 g/mol. The van der Waals surface area contributed by atoms with Crippen molar-refractivity contribution in [1.29, 1.82) is 0 Å². The number of nitrogens with one attached hydrogen (secondary N) is 1. The molecule has 0 bridgehead atoms. The maximum absolute atomic E-state index is 13.7. The predicted molar refractivity (Wildman–Crippen MR) is 157 cm³/mol. The van der Waals surface area contributed by atoms with Gasteiger partial charge in [0.05, 0.1) is 38.3 Å². The van der Waals surface area contributed by atoms with E-state index in [1.54, 1.807) is 32.9 Å². The molecule has 0 aliphatic heterocycles. The Morgan fingerprint density at radius 1 is 0.854 bits per heavy atom. The number of methoxy groups -OCH3 is 1. The molecule has 3 aromatic rings. The number of nitrogens with zero attached hydrogens (tertiary/aromatic N) is 2. The number of ether oxygens (including phenoxy) is 2. The minimum atomic E-state index is -1.11. The van der Waals surface area contributed by atoms with Crippen LogP contribution in [0.4, 0.5) is 10.6 Å². The number of hydrogen-bond acceptors (Lipinski definition) is 7. The Hall–Kier alpha value is -3.37. The SMILES string of the molecule is COC(=O)[C@H](Cc1ccc(N(C(=O)c2c(Cl)cccc2Cl)C(=O)c2c(Cl)cccc2Cl)nc1)NC(=O)OC(C)(C)C. The Labute approximate surface area is 256 Å². The normalized spacial score (nSPS) is 11.8. The van der Waals surface area contributed by atoms with Crippen LogP contribution in [0.25, 0.3) is 0 Å². The molecule has 1 N–H and O–H groups in total. The van der Waals surface area contributed by atoms with Crippen molar-refractivity contribution in [2.24, 2.45) is 0 Å². The van der Waals surface area contributed by atoms with E-state index in [4.69, 9.17) is 55.9 Å². The summed E-state index contributed by atoms with van der Waals surface area (Å²) in [7, 11) is 1.18. The molecule has 1 atom stereocenters. The molecule has 0 saturated carbocycles. The topological polar surface area (TPSA) is 115 Å². The summed E-state index contributed by atoms with van der Waals surface area (Å²) in [5.74, 6) is -2.57. The third-order valence-corrected chi connectivity index (χ3v) is 6.67. The zero-order chi connectivity index (χ0) is 30.5. The lowest BCUT2D eigenvalue weighted by atomic mass is 10.1. The Kier molecular flexibility index (Phi) is 10.6. The second-order valence-electron chi connectivity index (χ2n) is 9.59. The number of benzene rings is 2. The number of carbonyl (C=O) groups is 4. The number of halogens is 4. The third-order valence-electron chi connectivity index (χ3n) is 5.41.